The predicted octanol–water partition coefficient (Wildman–Crippen LogP) is 5.09. The quantitative estimate of drug-likeness (QED) is 0.662. The largest absolute Gasteiger partial charge is 0.153 e. The van der Waals surface area contributed by atoms with Crippen LogP contribution in [-0.2, 0) is 18.3 Å². The molecule has 3 heteroatoms. The molecular formula is C23H27N3. The number of fused-ring (bicyclic) bond motifs is 1. The second-order valence-electron chi connectivity index (χ2n) is 8.04. The number of hydrogen-bond acceptors (Lipinski definition) is 2. The highest BCUT2D eigenvalue weighted by Crippen LogP contribution is 2.36. The molecule has 3 nitrogen and oxygen atoms in total. The lowest BCUT2D eigenvalue weighted by atomic mass is 9.75. The van der Waals surface area contributed by atoms with E-state index in [0.29, 0.717) is 0 Å². The molecule has 0 amide bonds. The average Bonchev–Trinajstić information content (AvgIpc) is 3.08. The molecule has 0 radical (unpaired) electrons. The molecule has 26 heavy (non-hydrogen) atoms. The lowest BCUT2D eigenvalue weighted by molar-refractivity contribution is 0.630. The third-order valence-electron chi connectivity index (χ3n) is 5.75. The summed E-state index contributed by atoms with van der Waals surface area (Å²) in [5, 5.41) is 9.65. The van der Waals surface area contributed by atoms with Crippen molar-refractivity contribution in [2.45, 2.75) is 58.8 Å². The van der Waals surface area contributed by atoms with Crippen molar-refractivity contribution in [1.82, 2.24) is 15.0 Å². The third-order valence-corrected chi connectivity index (χ3v) is 5.75. The van der Waals surface area contributed by atoms with Gasteiger partial charge in [0, 0.05) is 5.41 Å². The van der Waals surface area contributed by atoms with E-state index in [9.17, 15) is 0 Å². The van der Waals surface area contributed by atoms with Gasteiger partial charge in [-0.15, -0.1) is 0 Å². The minimum Gasteiger partial charge on any atom is -0.153 e. The van der Waals surface area contributed by atoms with Crippen molar-refractivity contribution in [3.63, 3.8) is 0 Å². The number of aryl methyl sites for hydroxylation is 3. The van der Waals surface area contributed by atoms with E-state index >= 15 is 0 Å². The van der Waals surface area contributed by atoms with Gasteiger partial charge in [0.25, 0.3) is 0 Å². The number of aromatic nitrogens is 3. The maximum Gasteiger partial charge on any atom is 0.0891 e. The molecule has 0 bridgehead atoms. The Labute approximate surface area is 156 Å². The highest BCUT2D eigenvalue weighted by molar-refractivity contribution is 5.52. The van der Waals surface area contributed by atoms with Crippen LogP contribution in [-0.4, -0.2) is 15.0 Å². The molecule has 0 saturated heterocycles. The van der Waals surface area contributed by atoms with E-state index in [1.165, 1.54) is 46.5 Å². The van der Waals surface area contributed by atoms with Gasteiger partial charge in [0.15, 0.2) is 0 Å². The standard InChI is InChI=1S/C23H27N3/c1-16-14-19(23(3,4)18-10-6-5-7-11-18)17(2)22(15-16)26-24-20-12-8-9-13-21(20)25-26/h5-7,10-11,14-15H,8-9,12-13H2,1-4H3. The molecule has 134 valence electrons. The smallest absolute Gasteiger partial charge is 0.0891 e. The first-order chi connectivity index (χ1) is 12.5. The van der Waals surface area contributed by atoms with Crippen LogP contribution in [0.25, 0.3) is 5.69 Å². The maximum absolute atomic E-state index is 4.82. The molecule has 1 aliphatic rings. The summed E-state index contributed by atoms with van der Waals surface area (Å²) < 4.78 is 0. The summed E-state index contributed by atoms with van der Waals surface area (Å²) >= 11 is 0. The second-order valence-corrected chi connectivity index (χ2v) is 8.04. The fraction of sp³-hybridized carbons (Fsp3) is 0.391. The van der Waals surface area contributed by atoms with Crippen LogP contribution >= 0.6 is 0 Å². The van der Waals surface area contributed by atoms with Crippen molar-refractivity contribution in [3.05, 3.63) is 76.1 Å². The van der Waals surface area contributed by atoms with Crippen LogP contribution < -0.4 is 0 Å². The van der Waals surface area contributed by atoms with Crippen molar-refractivity contribution in [1.29, 1.82) is 0 Å². The molecule has 2 aromatic carbocycles. The van der Waals surface area contributed by atoms with Crippen LogP contribution in [0.15, 0.2) is 42.5 Å². The van der Waals surface area contributed by atoms with Gasteiger partial charge in [-0.05, 0) is 67.9 Å². The Morgan fingerprint density at radius 3 is 2.12 bits per heavy atom. The molecule has 0 saturated carbocycles. The molecule has 0 atom stereocenters. The molecule has 0 unspecified atom stereocenters. The lowest BCUT2D eigenvalue weighted by Crippen LogP contribution is -2.21. The minimum absolute atomic E-state index is 0.0706. The molecule has 0 N–H and O–H groups in total. The van der Waals surface area contributed by atoms with E-state index in [4.69, 9.17) is 10.2 Å². The van der Waals surface area contributed by atoms with Crippen LogP contribution in [0, 0.1) is 13.8 Å². The van der Waals surface area contributed by atoms with E-state index < -0.39 is 0 Å². The van der Waals surface area contributed by atoms with Gasteiger partial charge in [0.2, 0.25) is 0 Å². The van der Waals surface area contributed by atoms with Crippen molar-refractivity contribution < 1.29 is 0 Å². The van der Waals surface area contributed by atoms with Crippen LogP contribution in [0.1, 0.15) is 60.3 Å². The topological polar surface area (TPSA) is 30.7 Å². The van der Waals surface area contributed by atoms with Crippen LogP contribution in [0.2, 0.25) is 0 Å². The van der Waals surface area contributed by atoms with Gasteiger partial charge < -0.3 is 0 Å². The predicted molar refractivity (Wildman–Crippen MR) is 106 cm³/mol. The van der Waals surface area contributed by atoms with E-state index in [0.717, 1.165) is 18.5 Å². The number of nitrogens with zero attached hydrogens (tertiary/aromatic N) is 3. The van der Waals surface area contributed by atoms with Crippen LogP contribution in [0.3, 0.4) is 0 Å². The first kappa shape index (κ1) is 17.0. The summed E-state index contributed by atoms with van der Waals surface area (Å²) in [4.78, 5) is 1.88. The molecule has 0 aliphatic heterocycles. The number of benzene rings is 2. The van der Waals surface area contributed by atoms with Gasteiger partial charge in [-0.2, -0.15) is 15.0 Å². The van der Waals surface area contributed by atoms with Crippen molar-refractivity contribution in [2.75, 3.05) is 0 Å². The van der Waals surface area contributed by atoms with Gasteiger partial charge in [0.1, 0.15) is 0 Å². The summed E-state index contributed by atoms with van der Waals surface area (Å²) in [6.45, 7) is 8.97. The summed E-state index contributed by atoms with van der Waals surface area (Å²) in [6.07, 6.45) is 4.57. The van der Waals surface area contributed by atoms with Gasteiger partial charge in [-0.3, -0.25) is 0 Å². The second kappa shape index (κ2) is 6.39. The monoisotopic (exact) mass is 345 g/mol. The summed E-state index contributed by atoms with van der Waals surface area (Å²) in [5.41, 5.74) is 8.58. The van der Waals surface area contributed by atoms with Crippen molar-refractivity contribution >= 4 is 0 Å². The third kappa shape index (κ3) is 2.86. The van der Waals surface area contributed by atoms with Crippen LogP contribution in [0.5, 0.6) is 0 Å². The lowest BCUT2D eigenvalue weighted by Gasteiger charge is -2.29. The fourth-order valence-electron chi connectivity index (χ4n) is 4.15. The Kier molecular flexibility index (Phi) is 4.18. The molecule has 1 aliphatic carbocycles. The Morgan fingerprint density at radius 2 is 1.50 bits per heavy atom. The molecule has 0 spiro atoms. The van der Waals surface area contributed by atoms with Crippen LogP contribution in [0.4, 0.5) is 0 Å². The van der Waals surface area contributed by atoms with Gasteiger partial charge in [0.05, 0.1) is 17.1 Å². The zero-order chi connectivity index (χ0) is 18.3. The Morgan fingerprint density at radius 1 is 0.885 bits per heavy atom. The minimum atomic E-state index is -0.0706. The SMILES string of the molecule is Cc1cc(-n2nc3c(n2)CCCC3)c(C)c(C(C)(C)c2ccccc2)c1. The molecule has 1 heterocycles. The van der Waals surface area contributed by atoms with E-state index in [1.807, 2.05) is 4.80 Å². The average molecular weight is 345 g/mol. The first-order valence-corrected chi connectivity index (χ1v) is 9.59. The van der Waals surface area contributed by atoms with Crippen molar-refractivity contribution in [2.24, 2.45) is 0 Å². The highest BCUT2D eigenvalue weighted by atomic mass is 15.5. The highest BCUT2D eigenvalue weighted by Gasteiger charge is 2.27. The van der Waals surface area contributed by atoms with E-state index in [2.05, 4.69) is 70.2 Å². The normalized spacial score (nSPS) is 14.3. The molecular weight excluding hydrogens is 318 g/mol. The zero-order valence-corrected chi connectivity index (χ0v) is 16.2. The maximum atomic E-state index is 4.82. The zero-order valence-electron chi connectivity index (χ0n) is 16.2. The number of hydrogen-bond donors (Lipinski definition) is 0. The molecule has 4 rings (SSSR count). The summed E-state index contributed by atoms with van der Waals surface area (Å²) in [7, 11) is 0. The van der Waals surface area contributed by atoms with E-state index in [1.54, 1.807) is 0 Å². The number of rotatable bonds is 3. The van der Waals surface area contributed by atoms with Gasteiger partial charge in [-0.25, -0.2) is 0 Å². The Bertz CT molecular complexity index is 912. The Balaban J connectivity index is 1.85. The van der Waals surface area contributed by atoms with E-state index in [-0.39, 0.29) is 5.41 Å². The first-order valence-electron chi connectivity index (χ1n) is 9.59. The molecule has 3 aromatic rings. The summed E-state index contributed by atoms with van der Waals surface area (Å²) in [5.74, 6) is 0. The Hall–Kier alpha value is -2.42. The molecule has 1 aromatic heterocycles. The van der Waals surface area contributed by atoms with Gasteiger partial charge >= 0.3 is 0 Å². The fourth-order valence-corrected chi connectivity index (χ4v) is 4.15. The van der Waals surface area contributed by atoms with Gasteiger partial charge in [-0.1, -0.05) is 50.2 Å². The van der Waals surface area contributed by atoms with Crippen molar-refractivity contribution in [3.8, 4) is 5.69 Å². The summed E-state index contributed by atoms with van der Waals surface area (Å²) in [6, 6.07) is 15.3. The molecule has 0 fully saturated rings.